The molecule has 0 radical (unpaired) electrons. The van der Waals surface area contributed by atoms with E-state index in [1.54, 1.807) is 12.3 Å². The van der Waals surface area contributed by atoms with Gasteiger partial charge in [0.15, 0.2) is 0 Å². The first kappa shape index (κ1) is 21.8. The van der Waals surface area contributed by atoms with Gasteiger partial charge in [-0.25, -0.2) is 9.97 Å². The minimum atomic E-state index is -0.368. The third kappa shape index (κ3) is 3.82. The van der Waals surface area contributed by atoms with Crippen LogP contribution < -0.4 is 19.9 Å². The molecular weight excluding hydrogens is 436 g/mol. The van der Waals surface area contributed by atoms with Gasteiger partial charge in [-0.2, -0.15) is 4.98 Å². The van der Waals surface area contributed by atoms with E-state index >= 15 is 0 Å². The number of anilines is 5. The largest absolute Gasteiger partial charge is 0.494 e. The summed E-state index contributed by atoms with van der Waals surface area (Å²) in [6.45, 7) is 6.50. The van der Waals surface area contributed by atoms with Gasteiger partial charge in [-0.1, -0.05) is 13.8 Å². The first-order chi connectivity index (χ1) is 16.4. The summed E-state index contributed by atoms with van der Waals surface area (Å²) in [4.78, 5) is 33.3. The molecule has 3 aromatic rings. The maximum Gasteiger partial charge on any atom is 0.294 e. The smallest absolute Gasteiger partial charge is 0.294 e. The van der Waals surface area contributed by atoms with Crippen molar-refractivity contribution in [3.8, 4) is 5.75 Å². The van der Waals surface area contributed by atoms with Gasteiger partial charge in [0.25, 0.3) is 5.69 Å². The first-order valence-corrected chi connectivity index (χ1v) is 11.2. The molecule has 1 saturated heterocycles. The number of pyridine rings is 1. The molecule has 0 saturated carbocycles. The van der Waals surface area contributed by atoms with Crippen molar-refractivity contribution in [2.75, 3.05) is 41.9 Å². The van der Waals surface area contributed by atoms with Crippen molar-refractivity contribution in [1.29, 1.82) is 0 Å². The lowest BCUT2D eigenvalue weighted by molar-refractivity contribution is -0.384. The Morgan fingerprint density at radius 2 is 1.94 bits per heavy atom. The molecule has 0 amide bonds. The van der Waals surface area contributed by atoms with Gasteiger partial charge in [0.05, 0.1) is 29.1 Å². The fourth-order valence-corrected chi connectivity index (χ4v) is 4.65. The summed E-state index contributed by atoms with van der Waals surface area (Å²) in [5.41, 5.74) is 2.77. The van der Waals surface area contributed by atoms with Crippen molar-refractivity contribution in [3.05, 3.63) is 52.6 Å². The van der Waals surface area contributed by atoms with Crippen LogP contribution in [0.4, 0.5) is 34.6 Å². The molecule has 1 N–H and O–H groups in total. The van der Waals surface area contributed by atoms with Crippen LogP contribution in [0.25, 0.3) is 0 Å². The Morgan fingerprint density at radius 1 is 1.15 bits per heavy atom. The molecule has 2 aromatic heterocycles. The molecule has 176 valence electrons. The maximum atomic E-state index is 11.8. The molecule has 0 unspecified atom stereocenters. The van der Waals surface area contributed by atoms with E-state index in [4.69, 9.17) is 4.74 Å². The van der Waals surface area contributed by atoms with E-state index in [0.29, 0.717) is 29.6 Å². The van der Waals surface area contributed by atoms with Gasteiger partial charge in [0, 0.05) is 43.4 Å². The number of nitro benzene ring substituents is 1. The van der Waals surface area contributed by atoms with E-state index < -0.39 is 0 Å². The van der Waals surface area contributed by atoms with Crippen molar-refractivity contribution in [3.63, 3.8) is 0 Å². The van der Waals surface area contributed by atoms with Crippen LogP contribution in [0.3, 0.4) is 0 Å². The fourth-order valence-electron chi connectivity index (χ4n) is 4.65. The predicted octanol–water partition coefficient (Wildman–Crippen LogP) is 3.96. The monoisotopic (exact) mass is 462 g/mol. The Bertz CT molecular complexity index is 1240. The van der Waals surface area contributed by atoms with Crippen molar-refractivity contribution < 1.29 is 9.66 Å². The molecule has 0 atom stereocenters. The lowest BCUT2D eigenvalue weighted by Crippen LogP contribution is -2.26. The third-order valence-electron chi connectivity index (χ3n) is 6.26. The quantitative estimate of drug-likeness (QED) is 0.425. The highest BCUT2D eigenvalue weighted by Gasteiger charge is 2.38. The zero-order valence-electron chi connectivity index (χ0n) is 19.4. The van der Waals surface area contributed by atoms with Gasteiger partial charge in [0.2, 0.25) is 11.9 Å². The Hall–Kier alpha value is -4.02. The van der Waals surface area contributed by atoms with Gasteiger partial charge in [-0.15, -0.1) is 0 Å². The van der Waals surface area contributed by atoms with E-state index in [9.17, 15) is 10.1 Å². The SMILES string of the molecule is COc1cc(N2CCCC2)c([N+](=O)[O-])cc1Nc1ncnc(N2CC(C)(C)c3ncccc32)n1. The van der Waals surface area contributed by atoms with Gasteiger partial charge >= 0.3 is 0 Å². The van der Waals surface area contributed by atoms with Gasteiger partial charge < -0.3 is 19.9 Å². The zero-order valence-corrected chi connectivity index (χ0v) is 19.4. The number of aromatic nitrogens is 4. The van der Waals surface area contributed by atoms with E-state index in [1.165, 1.54) is 19.5 Å². The molecule has 1 aromatic carbocycles. The summed E-state index contributed by atoms with van der Waals surface area (Å²) in [7, 11) is 1.54. The molecule has 2 aliphatic heterocycles. The summed E-state index contributed by atoms with van der Waals surface area (Å²) in [6, 6.07) is 7.07. The van der Waals surface area contributed by atoms with Crippen LogP contribution in [0, 0.1) is 10.1 Å². The molecule has 0 spiro atoms. The van der Waals surface area contributed by atoms with Gasteiger partial charge in [0.1, 0.15) is 17.8 Å². The Morgan fingerprint density at radius 3 is 2.68 bits per heavy atom. The molecule has 11 nitrogen and oxygen atoms in total. The number of benzene rings is 1. The summed E-state index contributed by atoms with van der Waals surface area (Å²) >= 11 is 0. The molecule has 5 rings (SSSR count). The number of fused-ring (bicyclic) bond motifs is 1. The van der Waals surface area contributed by atoms with Crippen LogP contribution in [0.15, 0.2) is 36.8 Å². The van der Waals surface area contributed by atoms with Crippen LogP contribution >= 0.6 is 0 Å². The second-order valence-electron chi connectivity index (χ2n) is 9.07. The lowest BCUT2D eigenvalue weighted by atomic mass is 9.91. The Balaban J connectivity index is 1.48. The van der Waals surface area contributed by atoms with Crippen LogP contribution in [0.2, 0.25) is 0 Å². The molecule has 34 heavy (non-hydrogen) atoms. The van der Waals surface area contributed by atoms with E-state index in [2.05, 4.69) is 39.1 Å². The molecule has 2 aliphatic rings. The molecule has 4 heterocycles. The van der Waals surface area contributed by atoms with Crippen LogP contribution in [-0.2, 0) is 5.41 Å². The average molecular weight is 463 g/mol. The summed E-state index contributed by atoms with van der Waals surface area (Å²) in [6.07, 6.45) is 5.24. The number of rotatable bonds is 6. The number of ether oxygens (including phenoxy) is 1. The highest BCUT2D eigenvalue weighted by Crippen LogP contribution is 2.42. The lowest BCUT2D eigenvalue weighted by Gasteiger charge is -2.21. The second-order valence-corrected chi connectivity index (χ2v) is 9.07. The van der Waals surface area contributed by atoms with Crippen molar-refractivity contribution in [2.24, 2.45) is 0 Å². The highest BCUT2D eigenvalue weighted by atomic mass is 16.6. The van der Waals surface area contributed by atoms with E-state index in [0.717, 1.165) is 37.3 Å². The number of methoxy groups -OCH3 is 1. The standard InChI is InChI=1S/C23H26N8O3/c1-23(2)13-30(16-7-6-8-24-20(16)23)22-26-14-25-21(28-22)27-15-11-18(31(32)33)17(12-19(15)34-3)29-9-4-5-10-29/h6-8,11-12,14H,4-5,9-10,13H2,1-3H3,(H,25,26,27,28). The normalized spacial score (nSPS) is 16.4. The number of nitro groups is 1. The molecular formula is C23H26N8O3. The molecule has 1 fully saturated rings. The van der Waals surface area contributed by atoms with Crippen LogP contribution in [0.1, 0.15) is 32.4 Å². The van der Waals surface area contributed by atoms with Gasteiger partial charge in [-0.05, 0) is 25.0 Å². The van der Waals surface area contributed by atoms with Crippen molar-refractivity contribution in [1.82, 2.24) is 19.9 Å². The molecule has 0 bridgehead atoms. The number of nitrogens with one attached hydrogen (secondary N) is 1. The number of hydrogen-bond acceptors (Lipinski definition) is 10. The van der Waals surface area contributed by atoms with Crippen LogP contribution in [-0.4, -0.2) is 51.6 Å². The van der Waals surface area contributed by atoms with E-state index in [1.807, 2.05) is 21.9 Å². The molecule has 11 heteroatoms. The van der Waals surface area contributed by atoms with E-state index in [-0.39, 0.29) is 22.0 Å². The summed E-state index contributed by atoms with van der Waals surface area (Å²) < 4.78 is 5.55. The topological polar surface area (TPSA) is 122 Å². The minimum Gasteiger partial charge on any atom is -0.494 e. The van der Waals surface area contributed by atoms with Crippen molar-refractivity contribution in [2.45, 2.75) is 32.1 Å². The average Bonchev–Trinajstić information content (AvgIpc) is 3.46. The maximum absolute atomic E-state index is 11.8. The predicted molar refractivity (Wildman–Crippen MR) is 128 cm³/mol. The Kier molecular flexibility index (Phi) is 5.39. The highest BCUT2D eigenvalue weighted by molar-refractivity contribution is 5.77. The fraction of sp³-hybridized carbons (Fsp3) is 0.391. The Labute approximate surface area is 197 Å². The minimum absolute atomic E-state index is 0.0146. The second kappa shape index (κ2) is 8.40. The van der Waals surface area contributed by atoms with Crippen LogP contribution in [0.5, 0.6) is 5.75 Å². The first-order valence-electron chi connectivity index (χ1n) is 11.2. The van der Waals surface area contributed by atoms with Gasteiger partial charge in [-0.3, -0.25) is 15.1 Å². The summed E-state index contributed by atoms with van der Waals surface area (Å²) in [5.74, 6) is 1.22. The summed E-state index contributed by atoms with van der Waals surface area (Å²) in [5, 5.41) is 14.9. The van der Waals surface area contributed by atoms with Crippen molar-refractivity contribution >= 4 is 34.6 Å². The number of nitrogens with zero attached hydrogens (tertiary/aromatic N) is 7. The number of hydrogen-bond donors (Lipinski definition) is 1. The molecule has 0 aliphatic carbocycles. The third-order valence-corrected chi connectivity index (χ3v) is 6.26. The zero-order chi connectivity index (χ0) is 23.9.